The molecule has 0 aliphatic carbocycles. The fourth-order valence-corrected chi connectivity index (χ4v) is 2.92. The van der Waals surface area contributed by atoms with E-state index in [-0.39, 0.29) is 0 Å². The Morgan fingerprint density at radius 2 is 1.95 bits per heavy atom. The summed E-state index contributed by atoms with van der Waals surface area (Å²) < 4.78 is 3.50. The Labute approximate surface area is 124 Å². The normalized spacial score (nSPS) is 10.8. The van der Waals surface area contributed by atoms with Crippen LogP contribution in [0.1, 0.15) is 29.4 Å². The smallest absolute Gasteiger partial charge is 0.0490 e. The zero-order valence-electron chi connectivity index (χ0n) is 12.0. The molecule has 0 radical (unpaired) electrons. The lowest BCUT2D eigenvalue weighted by molar-refractivity contribution is 0.715. The van der Waals surface area contributed by atoms with Crippen LogP contribution in [-0.2, 0) is 13.1 Å². The molecule has 0 spiro atoms. The molecule has 0 saturated heterocycles. The highest BCUT2D eigenvalue weighted by Gasteiger charge is 2.08. The van der Waals surface area contributed by atoms with Crippen molar-refractivity contribution in [2.24, 2.45) is 0 Å². The van der Waals surface area contributed by atoms with Crippen molar-refractivity contribution in [1.29, 1.82) is 0 Å². The van der Waals surface area contributed by atoms with E-state index in [1.165, 1.54) is 22.5 Å². The molecule has 2 rings (SSSR count). The molecule has 3 heteroatoms. The van der Waals surface area contributed by atoms with Crippen LogP contribution in [0.5, 0.6) is 0 Å². The van der Waals surface area contributed by atoms with E-state index in [1.807, 2.05) is 0 Å². The highest BCUT2D eigenvalue weighted by molar-refractivity contribution is 9.10. The number of rotatable bonds is 4. The highest BCUT2D eigenvalue weighted by atomic mass is 79.9. The van der Waals surface area contributed by atoms with Crippen LogP contribution in [-0.4, -0.2) is 4.57 Å². The van der Waals surface area contributed by atoms with Gasteiger partial charge in [-0.1, -0.05) is 12.1 Å². The van der Waals surface area contributed by atoms with Gasteiger partial charge >= 0.3 is 0 Å². The molecule has 1 aromatic heterocycles. The van der Waals surface area contributed by atoms with E-state index in [4.69, 9.17) is 0 Å². The second-order valence-corrected chi connectivity index (χ2v) is 5.72. The maximum Gasteiger partial charge on any atom is 0.0490 e. The van der Waals surface area contributed by atoms with Crippen molar-refractivity contribution in [2.75, 3.05) is 5.32 Å². The van der Waals surface area contributed by atoms with Crippen molar-refractivity contribution >= 4 is 21.6 Å². The maximum absolute atomic E-state index is 3.64. The quantitative estimate of drug-likeness (QED) is 0.855. The van der Waals surface area contributed by atoms with Gasteiger partial charge in [0.2, 0.25) is 0 Å². The van der Waals surface area contributed by atoms with Gasteiger partial charge in [0.15, 0.2) is 0 Å². The number of aryl methyl sites for hydroxylation is 2. The molecular weight excluding hydrogens is 300 g/mol. The summed E-state index contributed by atoms with van der Waals surface area (Å²) in [6.07, 6.45) is 0. The van der Waals surface area contributed by atoms with Crippen LogP contribution in [0.3, 0.4) is 0 Å². The van der Waals surface area contributed by atoms with Crippen LogP contribution in [0.4, 0.5) is 5.69 Å². The average molecular weight is 321 g/mol. The predicted molar refractivity (Wildman–Crippen MR) is 85.8 cm³/mol. The summed E-state index contributed by atoms with van der Waals surface area (Å²) >= 11 is 3.64. The van der Waals surface area contributed by atoms with E-state index in [0.29, 0.717) is 0 Å². The molecular formula is C16H21BrN2. The first-order chi connectivity index (χ1) is 9.04. The Balaban J connectivity index is 2.17. The van der Waals surface area contributed by atoms with Crippen LogP contribution in [0, 0.1) is 20.8 Å². The summed E-state index contributed by atoms with van der Waals surface area (Å²) in [6.45, 7) is 10.6. The van der Waals surface area contributed by atoms with Crippen molar-refractivity contribution in [3.63, 3.8) is 0 Å². The van der Waals surface area contributed by atoms with Gasteiger partial charge in [0.25, 0.3) is 0 Å². The molecule has 102 valence electrons. The number of hydrogen-bond acceptors (Lipinski definition) is 1. The number of nitrogens with one attached hydrogen (secondary N) is 1. The first-order valence-corrected chi connectivity index (χ1v) is 7.48. The molecule has 0 atom stereocenters. The Kier molecular flexibility index (Phi) is 4.35. The van der Waals surface area contributed by atoms with Gasteiger partial charge in [-0.2, -0.15) is 0 Å². The minimum absolute atomic E-state index is 0.863. The Hall–Kier alpha value is -1.22. The van der Waals surface area contributed by atoms with Crippen molar-refractivity contribution in [3.05, 3.63) is 51.3 Å². The molecule has 0 bridgehead atoms. The van der Waals surface area contributed by atoms with Crippen molar-refractivity contribution in [2.45, 2.75) is 40.8 Å². The number of hydrogen-bond donors (Lipinski definition) is 1. The van der Waals surface area contributed by atoms with Gasteiger partial charge in [0.05, 0.1) is 0 Å². The summed E-state index contributed by atoms with van der Waals surface area (Å²) in [4.78, 5) is 0. The molecule has 1 N–H and O–H groups in total. The third-order valence-electron chi connectivity index (χ3n) is 3.66. The van der Waals surface area contributed by atoms with Gasteiger partial charge in [-0.15, -0.1) is 0 Å². The molecule has 2 nitrogen and oxygen atoms in total. The first-order valence-electron chi connectivity index (χ1n) is 6.69. The van der Waals surface area contributed by atoms with Crippen LogP contribution in [0.2, 0.25) is 0 Å². The zero-order valence-corrected chi connectivity index (χ0v) is 13.6. The van der Waals surface area contributed by atoms with Gasteiger partial charge in [-0.05, 0) is 66.9 Å². The topological polar surface area (TPSA) is 17.0 Å². The lowest BCUT2D eigenvalue weighted by atomic mass is 10.2. The number of halogens is 1. The van der Waals surface area contributed by atoms with Crippen molar-refractivity contribution in [1.82, 2.24) is 4.57 Å². The number of aromatic nitrogens is 1. The minimum Gasteiger partial charge on any atom is -0.380 e. The minimum atomic E-state index is 0.863. The molecule has 0 aliphatic rings. The lowest BCUT2D eigenvalue weighted by Crippen LogP contribution is -2.03. The molecule has 0 aliphatic heterocycles. The predicted octanol–water partition coefficient (Wildman–Crippen LogP) is 4.81. The summed E-state index contributed by atoms with van der Waals surface area (Å²) in [5.41, 5.74) is 6.47. The summed E-state index contributed by atoms with van der Waals surface area (Å²) in [7, 11) is 0. The zero-order chi connectivity index (χ0) is 14.0. The van der Waals surface area contributed by atoms with Gasteiger partial charge < -0.3 is 9.88 Å². The Morgan fingerprint density at radius 3 is 2.58 bits per heavy atom. The second kappa shape index (κ2) is 5.83. The molecule has 0 unspecified atom stereocenters. The molecule has 0 fully saturated rings. The third-order valence-corrected chi connectivity index (χ3v) is 4.71. The molecule has 1 aromatic carbocycles. The molecule has 19 heavy (non-hydrogen) atoms. The van der Waals surface area contributed by atoms with Crippen molar-refractivity contribution < 1.29 is 0 Å². The SMILES string of the molecule is CCn1c(C)cc(CNc2cccc(C)c2Br)c1C. The van der Waals surface area contributed by atoms with Crippen LogP contribution in [0.15, 0.2) is 28.7 Å². The number of nitrogens with zero attached hydrogens (tertiary/aromatic N) is 1. The fourth-order valence-electron chi connectivity index (χ4n) is 2.51. The van der Waals surface area contributed by atoms with Crippen LogP contribution >= 0.6 is 15.9 Å². The van der Waals surface area contributed by atoms with Gasteiger partial charge in [0, 0.05) is 34.6 Å². The number of benzene rings is 1. The fraction of sp³-hybridized carbons (Fsp3) is 0.375. The van der Waals surface area contributed by atoms with E-state index >= 15 is 0 Å². The second-order valence-electron chi connectivity index (χ2n) is 4.93. The summed E-state index contributed by atoms with van der Waals surface area (Å²) in [5.74, 6) is 0. The standard InChI is InChI=1S/C16H21BrN2/c1-5-19-12(3)9-14(13(19)4)10-18-15-8-6-7-11(2)16(15)17/h6-9,18H,5,10H2,1-4H3. The number of anilines is 1. The molecule has 2 aromatic rings. The van der Waals surface area contributed by atoms with E-state index in [1.54, 1.807) is 0 Å². The summed E-state index contributed by atoms with van der Waals surface area (Å²) in [5, 5.41) is 3.52. The van der Waals surface area contributed by atoms with E-state index in [2.05, 4.69) is 77.8 Å². The van der Waals surface area contributed by atoms with E-state index < -0.39 is 0 Å². The van der Waals surface area contributed by atoms with E-state index in [0.717, 1.165) is 23.2 Å². The van der Waals surface area contributed by atoms with Crippen molar-refractivity contribution in [3.8, 4) is 0 Å². The van der Waals surface area contributed by atoms with Gasteiger partial charge in [-0.25, -0.2) is 0 Å². The van der Waals surface area contributed by atoms with Gasteiger partial charge in [-0.3, -0.25) is 0 Å². The highest BCUT2D eigenvalue weighted by Crippen LogP contribution is 2.26. The van der Waals surface area contributed by atoms with Crippen LogP contribution in [0.25, 0.3) is 0 Å². The molecule has 0 saturated carbocycles. The maximum atomic E-state index is 3.64. The first kappa shape index (κ1) is 14.2. The van der Waals surface area contributed by atoms with E-state index in [9.17, 15) is 0 Å². The van der Waals surface area contributed by atoms with Crippen LogP contribution < -0.4 is 5.32 Å². The monoisotopic (exact) mass is 320 g/mol. The Morgan fingerprint density at radius 1 is 1.21 bits per heavy atom. The summed E-state index contributed by atoms with van der Waals surface area (Å²) in [6, 6.07) is 8.57. The molecule has 0 amide bonds. The molecule has 1 heterocycles. The Bertz CT molecular complexity index is 585. The average Bonchev–Trinajstić information content (AvgIpc) is 2.66. The third kappa shape index (κ3) is 2.86. The lowest BCUT2D eigenvalue weighted by Gasteiger charge is -2.11. The van der Waals surface area contributed by atoms with Gasteiger partial charge in [0.1, 0.15) is 0 Å². The largest absolute Gasteiger partial charge is 0.380 e.